The van der Waals surface area contributed by atoms with E-state index in [4.69, 9.17) is 34.2 Å². The molecule has 0 bridgehead atoms. The first-order valence-electron chi connectivity index (χ1n) is 26.8. The van der Waals surface area contributed by atoms with Gasteiger partial charge in [-0.15, -0.1) is 0 Å². The van der Waals surface area contributed by atoms with Crippen molar-refractivity contribution in [2.24, 2.45) is 0 Å². The van der Waals surface area contributed by atoms with Crippen molar-refractivity contribution in [2.75, 3.05) is 96.1 Å². The van der Waals surface area contributed by atoms with Gasteiger partial charge in [-0.05, 0) is 114 Å². The number of nitrogens with two attached hydrogens (primary N) is 1. The molecule has 2 aliphatic heterocycles. The average Bonchev–Trinajstić information content (AvgIpc) is 3.94. The molecule has 16 nitrogen and oxygen atoms in total. The Bertz CT molecular complexity index is 1930. The molecule has 0 spiro atoms. The summed E-state index contributed by atoms with van der Waals surface area (Å²) in [5.41, 5.74) is 7.09. The number of unbranched alkanes of at least 4 members (excludes halogenated alkanes) is 5. The minimum absolute atomic E-state index is 0.00423. The Labute approximate surface area is 436 Å². The number of rotatable bonds is 46. The molecule has 4 rings (SSSR count). The Morgan fingerprint density at radius 2 is 0.973 bits per heavy atom. The maximum absolute atomic E-state index is 13.3. The number of ketones is 4. The number of thioether (sulfide) groups is 1. The molecular weight excluding hydrogens is 960 g/mol. The van der Waals surface area contributed by atoms with E-state index < -0.39 is 11.7 Å². The van der Waals surface area contributed by atoms with Crippen molar-refractivity contribution in [3.8, 4) is 0 Å². The number of carbonyl (C=O) groups is 6. The highest BCUT2D eigenvalue weighted by molar-refractivity contribution is 8.00. The zero-order valence-electron chi connectivity index (χ0n) is 43.1. The monoisotopic (exact) mass is 1040 g/mol. The number of urea groups is 1. The molecule has 2 heterocycles. The van der Waals surface area contributed by atoms with E-state index in [1.807, 2.05) is 11.8 Å². The summed E-state index contributed by atoms with van der Waals surface area (Å²) in [6.45, 7) is 6.77. The third kappa shape index (κ3) is 27.7. The molecule has 5 N–H and O–H groups in total. The molecule has 18 heteroatoms. The van der Waals surface area contributed by atoms with E-state index in [9.17, 15) is 33.2 Å². The smallest absolute Gasteiger partial charge is 0.315 e. The Hall–Kier alpha value is -4.30. The molecule has 2 aromatic carbocycles. The maximum Gasteiger partial charge on any atom is 0.315 e. The fourth-order valence-electron chi connectivity index (χ4n) is 8.40. The van der Waals surface area contributed by atoms with Crippen LogP contribution in [0.25, 0.3) is 0 Å². The normalized spacial score (nSPS) is 16.0. The third-order valence-corrected chi connectivity index (χ3v) is 14.1. The topological polar surface area (TPSA) is 220 Å². The number of benzene rings is 2. The summed E-state index contributed by atoms with van der Waals surface area (Å²) in [4.78, 5) is 73.4. The van der Waals surface area contributed by atoms with Gasteiger partial charge in [0.2, 0.25) is 0 Å². The van der Waals surface area contributed by atoms with Crippen LogP contribution in [0.5, 0.6) is 0 Å². The molecule has 0 aliphatic carbocycles. The quantitative estimate of drug-likeness (QED) is 0.0211. The molecule has 3 amide bonds. The second kappa shape index (κ2) is 38.3. The summed E-state index contributed by atoms with van der Waals surface area (Å²) in [6.07, 6.45) is 15.0. The highest BCUT2D eigenvalue weighted by atomic mass is 32.2. The van der Waals surface area contributed by atoms with Crippen molar-refractivity contribution in [1.29, 1.82) is 0 Å². The fourth-order valence-corrected chi connectivity index (χ4v) is 9.95. The van der Waals surface area contributed by atoms with E-state index >= 15 is 0 Å². The van der Waals surface area contributed by atoms with Gasteiger partial charge in [-0.25, -0.2) is 9.18 Å². The van der Waals surface area contributed by atoms with Crippen molar-refractivity contribution in [1.82, 2.24) is 10.6 Å². The summed E-state index contributed by atoms with van der Waals surface area (Å²) >= 11 is 1.92. The van der Waals surface area contributed by atoms with Crippen LogP contribution in [0.3, 0.4) is 0 Å². The number of fused-ring (bicyclic) bond motifs is 1. The van der Waals surface area contributed by atoms with E-state index in [-0.39, 0.29) is 41.2 Å². The van der Waals surface area contributed by atoms with Gasteiger partial charge < -0.3 is 50.1 Å². The number of ether oxygens (including phenoxy) is 6. The number of nitrogens with one attached hydrogen (secondary N) is 3. The summed E-state index contributed by atoms with van der Waals surface area (Å²) in [5.74, 6) is 0.779. The van der Waals surface area contributed by atoms with Gasteiger partial charge >= 0.3 is 6.03 Å². The van der Waals surface area contributed by atoms with Gasteiger partial charge in [-0.3, -0.25) is 24.0 Å². The lowest BCUT2D eigenvalue weighted by molar-refractivity contribution is -0.121. The number of anilines is 2. The van der Waals surface area contributed by atoms with E-state index in [2.05, 4.69) is 16.0 Å². The predicted octanol–water partition coefficient (Wildman–Crippen LogP) is 9.01. The lowest BCUT2D eigenvalue weighted by atomic mass is 10.0. The van der Waals surface area contributed by atoms with Crippen molar-refractivity contribution < 1.29 is 61.6 Å². The Kier molecular flexibility index (Phi) is 32.1. The molecule has 2 saturated heterocycles. The first-order valence-corrected chi connectivity index (χ1v) is 27.8. The van der Waals surface area contributed by atoms with Crippen molar-refractivity contribution in [2.45, 2.75) is 152 Å². The molecule has 2 aromatic rings. The number of hydrogen-bond donors (Lipinski definition) is 4. The first kappa shape index (κ1) is 61.2. The van der Waals surface area contributed by atoms with Crippen molar-refractivity contribution >= 4 is 58.2 Å². The second-order valence-corrected chi connectivity index (χ2v) is 20.0. The van der Waals surface area contributed by atoms with Crippen molar-refractivity contribution in [3.63, 3.8) is 0 Å². The minimum atomic E-state index is -0.487. The van der Waals surface area contributed by atoms with Crippen molar-refractivity contribution in [3.05, 3.63) is 59.4 Å². The molecule has 408 valence electrons. The molecular formula is C55H83FN4O12S. The number of Topliss-reactive ketones (excluding diaryl/α,β-unsaturated/α-hetero) is 4. The molecule has 2 unspecified atom stereocenters. The van der Waals surface area contributed by atoms with Crippen LogP contribution in [0.4, 0.5) is 20.6 Å². The van der Waals surface area contributed by atoms with Crippen LogP contribution in [0.2, 0.25) is 0 Å². The van der Waals surface area contributed by atoms with E-state index in [1.165, 1.54) is 12.1 Å². The Morgan fingerprint density at radius 3 is 1.49 bits per heavy atom. The molecule has 0 radical (unpaired) electrons. The number of halogens is 1. The van der Waals surface area contributed by atoms with Gasteiger partial charge in [0.1, 0.15) is 23.2 Å². The lowest BCUT2D eigenvalue weighted by Crippen LogP contribution is -2.36. The second-order valence-electron chi connectivity index (χ2n) is 18.7. The predicted molar refractivity (Wildman–Crippen MR) is 282 cm³/mol. The highest BCUT2D eigenvalue weighted by Gasteiger charge is 2.42. The number of amides is 3. The number of carbonyl (C=O) groups excluding carboxylic acids is 6. The van der Waals surface area contributed by atoms with Crippen LogP contribution < -0.4 is 21.7 Å². The van der Waals surface area contributed by atoms with E-state index in [0.717, 1.165) is 88.9 Å². The maximum atomic E-state index is 13.3. The summed E-state index contributed by atoms with van der Waals surface area (Å²) in [7, 11) is 0. The van der Waals surface area contributed by atoms with Gasteiger partial charge in [-0.2, -0.15) is 11.8 Å². The average molecular weight is 1040 g/mol. The van der Waals surface area contributed by atoms with Gasteiger partial charge in [0.15, 0.2) is 5.78 Å². The molecule has 73 heavy (non-hydrogen) atoms. The van der Waals surface area contributed by atoms with Crippen LogP contribution in [0, 0.1) is 5.82 Å². The summed E-state index contributed by atoms with van der Waals surface area (Å²) in [6, 6.07) is 10.6. The molecule has 2 aliphatic rings. The summed E-state index contributed by atoms with van der Waals surface area (Å²) in [5, 5.41) is 9.08. The lowest BCUT2D eigenvalue weighted by Gasteiger charge is -2.16. The number of hydrogen-bond acceptors (Lipinski definition) is 14. The molecule has 0 aromatic heterocycles. The molecule has 3 atom stereocenters. The highest BCUT2D eigenvalue weighted by Crippen LogP contribution is 2.33. The van der Waals surface area contributed by atoms with E-state index in [1.54, 1.807) is 24.3 Å². The van der Waals surface area contributed by atoms with Crippen LogP contribution in [-0.4, -0.2) is 137 Å². The standard InChI is InChI=1S/C55H83FN4O12S/c56-44-26-27-49(48(57)40-44)58-54(65)43-24-22-42(23-25-43)51(64)20-6-10-29-68-33-13-35-69-34-12-32-67-28-7-3-16-46(62)18-11-19-47(63)17-5-9-31-71-37-39-72-38-36-70-30-8-4-15-45(61)14-1-2-21-52-53-50(41-73-52)59-55(66)60-53/h22-27,40,50,52-53H,1-21,28-39,41,57H2,(H,58,65)(H2,59,60,66)/t50?,52-,53?/m0/s1. The first-order chi connectivity index (χ1) is 35.6. The molecule has 2 fully saturated rings. The van der Waals surface area contributed by atoms with Crippen LogP contribution >= 0.6 is 11.8 Å². The van der Waals surface area contributed by atoms with Gasteiger partial charge in [-0.1, -0.05) is 18.6 Å². The Balaban J connectivity index is 0.790. The van der Waals surface area contributed by atoms with Gasteiger partial charge in [0, 0.05) is 120 Å². The molecule has 0 saturated carbocycles. The zero-order chi connectivity index (χ0) is 52.1. The van der Waals surface area contributed by atoms with Gasteiger partial charge in [0.05, 0.1) is 49.9 Å². The van der Waals surface area contributed by atoms with E-state index in [0.29, 0.717) is 165 Å². The third-order valence-electron chi connectivity index (χ3n) is 12.6. The SMILES string of the molecule is Nc1cc(F)ccc1NC(=O)c1ccc(C(=O)CCCCOCCCOCCCOCCCCC(=O)CCCC(=O)CCCCOCCOCCOCCCCC(=O)CCCC[C@@H]2SCC3NC(=O)NC32)cc1. The zero-order valence-corrected chi connectivity index (χ0v) is 43.9. The van der Waals surface area contributed by atoms with Gasteiger partial charge in [0.25, 0.3) is 5.91 Å². The number of nitrogen functional groups attached to an aromatic ring is 1. The Morgan fingerprint density at radius 1 is 0.534 bits per heavy atom. The van der Waals surface area contributed by atoms with Crippen LogP contribution in [-0.2, 0) is 42.8 Å². The fraction of sp³-hybridized carbons (Fsp3) is 0.673. The largest absolute Gasteiger partial charge is 0.397 e. The summed E-state index contributed by atoms with van der Waals surface area (Å²) < 4.78 is 47.1. The minimum Gasteiger partial charge on any atom is -0.397 e. The van der Waals surface area contributed by atoms with Crippen LogP contribution in [0.1, 0.15) is 156 Å². The van der Waals surface area contributed by atoms with Crippen LogP contribution in [0.15, 0.2) is 42.5 Å².